The summed E-state index contributed by atoms with van der Waals surface area (Å²) in [6, 6.07) is 11.3. The van der Waals surface area contributed by atoms with Crippen molar-refractivity contribution in [2.45, 2.75) is 63.2 Å². The van der Waals surface area contributed by atoms with E-state index in [4.69, 9.17) is 16.4 Å². The summed E-state index contributed by atoms with van der Waals surface area (Å²) < 4.78 is 0. The van der Waals surface area contributed by atoms with Gasteiger partial charge in [0.1, 0.15) is 18.1 Å². The van der Waals surface area contributed by atoms with Crippen LogP contribution >= 0.6 is 23.4 Å². The molecule has 44 heavy (non-hydrogen) atoms. The fraction of sp³-hybridized carbons (Fsp3) is 0.400. The van der Waals surface area contributed by atoms with Gasteiger partial charge in [0.05, 0.1) is 0 Å². The maximum absolute atomic E-state index is 13.7. The van der Waals surface area contributed by atoms with E-state index in [2.05, 4.69) is 16.0 Å². The molecule has 2 aliphatic heterocycles. The third-order valence-corrected chi connectivity index (χ3v) is 8.22. The molecule has 4 rings (SSSR count). The van der Waals surface area contributed by atoms with E-state index in [-0.39, 0.29) is 25.7 Å². The molecule has 14 heteroatoms. The van der Waals surface area contributed by atoms with Gasteiger partial charge in [0.25, 0.3) is 11.8 Å². The lowest BCUT2D eigenvalue weighted by Crippen LogP contribution is -2.54. The normalized spacial score (nSPS) is 19.5. The Bertz CT molecular complexity index is 1380. The molecule has 2 aromatic carbocycles. The molecule has 0 bridgehead atoms. The minimum absolute atomic E-state index is 0.0634. The molecule has 12 nitrogen and oxygen atoms in total. The van der Waals surface area contributed by atoms with Gasteiger partial charge in [0, 0.05) is 36.0 Å². The van der Waals surface area contributed by atoms with E-state index >= 15 is 0 Å². The maximum Gasteiger partial charge on any atom is 0.355 e. The molecular weight excluding hydrogens is 610 g/mol. The lowest BCUT2D eigenvalue weighted by Gasteiger charge is -2.31. The monoisotopic (exact) mass is 643 g/mol. The average molecular weight is 644 g/mol. The summed E-state index contributed by atoms with van der Waals surface area (Å²) in [5.41, 5.74) is 1.22. The SMILES string of the molecule is CSCC[C@H](NC(=O)Nc1ccc(Cl)cc1)C(=O)N[C@H]1CC(C)N([C@@H](Cc2ccccc2)C(=O)ON2C(=O)CCC2=O)C1=O. The number of anilines is 1. The van der Waals surface area contributed by atoms with Crippen molar-refractivity contribution in [2.75, 3.05) is 17.3 Å². The molecule has 0 aromatic heterocycles. The summed E-state index contributed by atoms with van der Waals surface area (Å²) in [5.74, 6) is -2.68. The fourth-order valence-electron chi connectivity index (χ4n) is 5.11. The standard InChI is InChI=1S/C30H34ClN5O7S/c1-18-16-23(33-27(39)22(14-15-44-2)34-30(42)32-21-10-8-20(31)9-11-21)28(40)35(18)24(17-19-6-4-3-5-7-19)29(41)43-36-25(37)12-13-26(36)38/h3-11,18,22-24H,12-17H2,1-2H3,(H,33,39)(H2,32,34,42)/t18?,22-,23-,24-/m0/s1. The van der Waals surface area contributed by atoms with Crippen LogP contribution in [0.15, 0.2) is 54.6 Å². The van der Waals surface area contributed by atoms with Gasteiger partial charge in [-0.1, -0.05) is 41.9 Å². The minimum atomic E-state index is -1.17. The number of carbonyl (C=O) groups is 6. The molecular formula is C30H34ClN5O7S. The number of nitrogens with one attached hydrogen (secondary N) is 3. The van der Waals surface area contributed by atoms with E-state index in [0.717, 1.165) is 5.56 Å². The number of benzene rings is 2. The molecule has 2 fully saturated rings. The van der Waals surface area contributed by atoms with E-state index in [9.17, 15) is 28.8 Å². The van der Waals surface area contributed by atoms with E-state index < -0.39 is 59.8 Å². The third kappa shape index (κ3) is 8.29. The van der Waals surface area contributed by atoms with Crippen LogP contribution in [0.1, 0.15) is 38.2 Å². The molecule has 0 radical (unpaired) electrons. The van der Waals surface area contributed by atoms with E-state index in [1.807, 2.05) is 12.3 Å². The van der Waals surface area contributed by atoms with Gasteiger partial charge in [-0.2, -0.15) is 11.8 Å². The number of amides is 6. The zero-order valence-corrected chi connectivity index (χ0v) is 25.9. The second-order valence-electron chi connectivity index (χ2n) is 10.5. The topological polar surface area (TPSA) is 154 Å². The molecule has 0 saturated carbocycles. The van der Waals surface area contributed by atoms with Gasteiger partial charge in [-0.3, -0.25) is 19.2 Å². The van der Waals surface area contributed by atoms with Crippen LogP contribution in [0.2, 0.25) is 5.02 Å². The molecule has 2 aliphatic rings. The highest BCUT2D eigenvalue weighted by atomic mass is 35.5. The Morgan fingerprint density at radius 3 is 2.32 bits per heavy atom. The zero-order valence-electron chi connectivity index (χ0n) is 24.3. The van der Waals surface area contributed by atoms with Gasteiger partial charge in [-0.15, -0.1) is 5.06 Å². The van der Waals surface area contributed by atoms with Crippen molar-refractivity contribution in [1.82, 2.24) is 20.6 Å². The second-order valence-corrected chi connectivity index (χ2v) is 12.0. The van der Waals surface area contributed by atoms with Crippen LogP contribution in [-0.4, -0.2) is 81.8 Å². The molecule has 234 valence electrons. The number of likely N-dealkylation sites (tertiary alicyclic amines) is 1. The molecule has 2 heterocycles. The summed E-state index contributed by atoms with van der Waals surface area (Å²) in [4.78, 5) is 84.0. The Morgan fingerprint density at radius 2 is 1.68 bits per heavy atom. The highest BCUT2D eigenvalue weighted by Gasteiger charge is 2.46. The van der Waals surface area contributed by atoms with Gasteiger partial charge in [-0.05, 0) is 61.6 Å². The maximum atomic E-state index is 13.7. The van der Waals surface area contributed by atoms with Crippen molar-refractivity contribution in [3.05, 3.63) is 65.2 Å². The molecule has 6 amide bonds. The first-order valence-electron chi connectivity index (χ1n) is 14.1. The number of urea groups is 1. The van der Waals surface area contributed by atoms with Crippen molar-refractivity contribution in [3.63, 3.8) is 0 Å². The quantitative estimate of drug-likeness (QED) is 0.298. The highest BCUT2D eigenvalue weighted by Crippen LogP contribution is 2.26. The van der Waals surface area contributed by atoms with Crippen LogP contribution in [0, 0.1) is 0 Å². The summed E-state index contributed by atoms with van der Waals surface area (Å²) in [6.45, 7) is 1.74. The van der Waals surface area contributed by atoms with Gasteiger partial charge in [-0.25, -0.2) is 9.59 Å². The van der Waals surface area contributed by atoms with Crippen LogP contribution < -0.4 is 16.0 Å². The lowest BCUT2D eigenvalue weighted by atomic mass is 10.0. The third-order valence-electron chi connectivity index (χ3n) is 7.32. The van der Waals surface area contributed by atoms with Gasteiger partial charge >= 0.3 is 12.0 Å². The largest absolute Gasteiger partial charge is 0.355 e. The van der Waals surface area contributed by atoms with E-state index in [0.29, 0.717) is 27.9 Å². The Morgan fingerprint density at radius 1 is 1.02 bits per heavy atom. The smallest absolute Gasteiger partial charge is 0.342 e. The lowest BCUT2D eigenvalue weighted by molar-refractivity contribution is -0.201. The summed E-state index contributed by atoms with van der Waals surface area (Å²) in [7, 11) is 0. The number of hydrogen-bond acceptors (Lipinski definition) is 8. The van der Waals surface area contributed by atoms with Crippen molar-refractivity contribution < 1.29 is 33.6 Å². The fourth-order valence-corrected chi connectivity index (χ4v) is 5.71. The average Bonchev–Trinajstić information content (AvgIpc) is 3.46. The van der Waals surface area contributed by atoms with Crippen molar-refractivity contribution >= 4 is 64.7 Å². The molecule has 1 unspecified atom stereocenters. The number of thioether (sulfide) groups is 1. The highest BCUT2D eigenvalue weighted by molar-refractivity contribution is 7.98. The Balaban J connectivity index is 1.47. The molecule has 3 N–H and O–H groups in total. The van der Waals surface area contributed by atoms with Crippen LogP contribution in [0.5, 0.6) is 0 Å². The number of nitrogens with zero attached hydrogens (tertiary/aromatic N) is 2. The number of imide groups is 1. The summed E-state index contributed by atoms with van der Waals surface area (Å²) >= 11 is 7.40. The van der Waals surface area contributed by atoms with Gasteiger partial charge < -0.3 is 25.7 Å². The minimum Gasteiger partial charge on any atom is -0.342 e. The Kier molecular flexibility index (Phi) is 11.2. The number of rotatable bonds is 12. The summed E-state index contributed by atoms with van der Waals surface area (Å²) in [5, 5.41) is 9.05. The van der Waals surface area contributed by atoms with Crippen LogP contribution in [0.4, 0.5) is 10.5 Å². The zero-order chi connectivity index (χ0) is 31.8. The molecule has 0 spiro atoms. The first kappa shape index (κ1) is 32.8. The first-order chi connectivity index (χ1) is 21.1. The molecule has 2 saturated heterocycles. The number of hydroxylamine groups is 2. The first-order valence-corrected chi connectivity index (χ1v) is 15.9. The summed E-state index contributed by atoms with van der Waals surface area (Å²) in [6.07, 6.45) is 2.31. The van der Waals surface area contributed by atoms with Crippen LogP contribution in [0.3, 0.4) is 0 Å². The van der Waals surface area contributed by atoms with E-state index in [1.54, 1.807) is 55.5 Å². The molecule has 2 aromatic rings. The number of carbonyl (C=O) groups excluding carboxylic acids is 6. The Labute approximate surface area is 264 Å². The second kappa shape index (κ2) is 15.1. The predicted molar refractivity (Wildman–Crippen MR) is 164 cm³/mol. The van der Waals surface area contributed by atoms with Crippen molar-refractivity contribution in [1.29, 1.82) is 0 Å². The molecule has 0 aliphatic carbocycles. The van der Waals surface area contributed by atoms with Gasteiger partial charge in [0.15, 0.2) is 0 Å². The number of halogens is 1. The van der Waals surface area contributed by atoms with Crippen molar-refractivity contribution in [2.24, 2.45) is 0 Å². The number of hydrogen-bond donors (Lipinski definition) is 3. The predicted octanol–water partition coefficient (Wildman–Crippen LogP) is 2.91. The van der Waals surface area contributed by atoms with Crippen LogP contribution in [-0.2, 0) is 35.2 Å². The van der Waals surface area contributed by atoms with Crippen LogP contribution in [0.25, 0.3) is 0 Å². The van der Waals surface area contributed by atoms with Crippen molar-refractivity contribution in [3.8, 4) is 0 Å². The van der Waals surface area contributed by atoms with Gasteiger partial charge in [0.2, 0.25) is 11.8 Å². The molecule has 4 atom stereocenters. The Hall–Kier alpha value is -4.10. The van der Waals surface area contributed by atoms with E-state index in [1.165, 1.54) is 16.7 Å².